The lowest BCUT2D eigenvalue weighted by atomic mass is 9.79. The molecule has 2 aromatic carbocycles. The molecule has 0 unspecified atom stereocenters. The Morgan fingerprint density at radius 3 is 1.79 bits per heavy atom. The highest BCUT2D eigenvalue weighted by molar-refractivity contribution is 5.88. The van der Waals surface area contributed by atoms with Gasteiger partial charge >= 0.3 is 17.9 Å². The molecule has 0 aromatic heterocycles. The molecular formula is C26H26O12. The molecule has 0 amide bonds. The van der Waals surface area contributed by atoms with Gasteiger partial charge in [-0.3, -0.25) is 0 Å². The van der Waals surface area contributed by atoms with Crippen molar-refractivity contribution in [3.63, 3.8) is 0 Å². The molecule has 12 heteroatoms. The van der Waals surface area contributed by atoms with E-state index < -0.39 is 66.2 Å². The summed E-state index contributed by atoms with van der Waals surface area (Å²) < 4.78 is 15.2. The van der Waals surface area contributed by atoms with Gasteiger partial charge in [-0.05, 0) is 47.5 Å². The van der Waals surface area contributed by atoms with Gasteiger partial charge in [0.05, 0.1) is 13.2 Å². The average molecular weight is 530 g/mol. The third kappa shape index (κ3) is 6.81. The first-order valence-electron chi connectivity index (χ1n) is 11.2. The molecule has 1 saturated carbocycles. The summed E-state index contributed by atoms with van der Waals surface area (Å²) in [5.41, 5.74) is -1.55. The van der Waals surface area contributed by atoms with E-state index >= 15 is 0 Å². The molecule has 1 fully saturated rings. The van der Waals surface area contributed by atoms with E-state index in [-0.39, 0.29) is 11.5 Å². The second-order valence-corrected chi connectivity index (χ2v) is 8.54. The first-order valence-corrected chi connectivity index (χ1v) is 11.2. The minimum absolute atomic E-state index is 0.334. The van der Waals surface area contributed by atoms with E-state index in [2.05, 4.69) is 4.74 Å². The van der Waals surface area contributed by atoms with Crippen molar-refractivity contribution in [1.29, 1.82) is 0 Å². The lowest BCUT2D eigenvalue weighted by Crippen LogP contribution is -2.58. The van der Waals surface area contributed by atoms with Crippen molar-refractivity contribution in [3.05, 3.63) is 59.7 Å². The first-order chi connectivity index (χ1) is 17.9. The molecule has 0 heterocycles. The van der Waals surface area contributed by atoms with E-state index in [4.69, 9.17) is 9.47 Å². The first kappa shape index (κ1) is 28.0. The van der Waals surface area contributed by atoms with Gasteiger partial charge in [0.25, 0.3) is 0 Å². The van der Waals surface area contributed by atoms with Gasteiger partial charge in [0.15, 0.2) is 34.7 Å². The molecule has 0 bridgehead atoms. The van der Waals surface area contributed by atoms with Crippen LogP contribution in [-0.2, 0) is 28.6 Å². The molecular weight excluding hydrogens is 504 g/mol. The van der Waals surface area contributed by atoms with Gasteiger partial charge in [0.1, 0.15) is 6.10 Å². The van der Waals surface area contributed by atoms with Crippen molar-refractivity contribution in [2.45, 2.75) is 36.8 Å². The van der Waals surface area contributed by atoms with Crippen molar-refractivity contribution >= 4 is 30.1 Å². The zero-order chi connectivity index (χ0) is 28.0. The molecule has 2 aromatic rings. The van der Waals surface area contributed by atoms with Crippen molar-refractivity contribution in [2.75, 3.05) is 7.11 Å². The summed E-state index contributed by atoms with van der Waals surface area (Å²) in [6.07, 6.45) is -1.24. The number of phenolic OH excluding ortho intramolecular Hbond substituents is 4. The Kier molecular flexibility index (Phi) is 8.61. The summed E-state index contributed by atoms with van der Waals surface area (Å²) in [7, 11) is 1.03. The number of phenols is 4. The Labute approximate surface area is 216 Å². The topological polar surface area (TPSA) is 200 Å². The summed E-state index contributed by atoms with van der Waals surface area (Å²) in [5, 5.41) is 59.2. The number of carbonyl (C=O) groups excluding carboxylic acids is 3. The molecule has 0 radical (unpaired) electrons. The Balaban J connectivity index is 1.77. The normalized spacial score (nSPS) is 23.3. The van der Waals surface area contributed by atoms with E-state index in [1.807, 2.05) is 0 Å². The maximum Gasteiger partial charge on any atom is 0.338 e. The zero-order valence-corrected chi connectivity index (χ0v) is 20.1. The van der Waals surface area contributed by atoms with E-state index in [0.717, 1.165) is 19.3 Å². The van der Waals surface area contributed by atoms with Crippen molar-refractivity contribution in [3.8, 4) is 23.0 Å². The molecule has 1 aliphatic rings. The SMILES string of the molecule is COC(=O)[C@]1(O)C[C@@H](O)[C@@H](OC(=O)C=Cc2ccc(O)c(O)c2)[C@H](OC(=O)C=Cc2ccc(O)c(O)c2)C1. The number of ether oxygens (including phenoxy) is 3. The van der Waals surface area contributed by atoms with Gasteiger partial charge in [0.2, 0.25) is 0 Å². The second kappa shape index (κ2) is 11.7. The number of rotatable bonds is 7. The van der Waals surface area contributed by atoms with Crippen molar-refractivity contribution in [1.82, 2.24) is 0 Å². The van der Waals surface area contributed by atoms with Crippen LogP contribution in [0, 0.1) is 0 Å². The number of carbonyl (C=O) groups is 3. The molecule has 0 saturated heterocycles. The molecule has 0 aliphatic heterocycles. The van der Waals surface area contributed by atoms with Crippen LogP contribution in [0.2, 0.25) is 0 Å². The maximum absolute atomic E-state index is 12.5. The molecule has 4 atom stereocenters. The lowest BCUT2D eigenvalue weighted by molar-refractivity contribution is -0.206. The monoisotopic (exact) mass is 530 g/mol. The number of hydrogen-bond donors (Lipinski definition) is 6. The quantitative estimate of drug-likeness (QED) is 0.129. The van der Waals surface area contributed by atoms with Crippen LogP contribution >= 0.6 is 0 Å². The van der Waals surface area contributed by atoms with Gasteiger partial charge in [-0.1, -0.05) is 12.1 Å². The molecule has 3 rings (SSSR count). The average Bonchev–Trinajstić information content (AvgIpc) is 2.87. The van der Waals surface area contributed by atoms with Crippen molar-refractivity contribution < 1.29 is 59.2 Å². The number of aromatic hydroxyl groups is 4. The third-order valence-electron chi connectivity index (χ3n) is 5.74. The minimum atomic E-state index is -2.23. The molecule has 0 spiro atoms. The predicted octanol–water partition coefficient (Wildman–Crippen LogP) is 1.12. The van der Waals surface area contributed by atoms with Crippen LogP contribution in [0.3, 0.4) is 0 Å². The van der Waals surface area contributed by atoms with Gasteiger partial charge in [-0.2, -0.15) is 0 Å². The number of hydrogen-bond acceptors (Lipinski definition) is 12. The molecule has 6 N–H and O–H groups in total. The maximum atomic E-state index is 12.5. The minimum Gasteiger partial charge on any atom is -0.504 e. The summed E-state index contributed by atoms with van der Waals surface area (Å²) in [4.78, 5) is 37.1. The fourth-order valence-corrected chi connectivity index (χ4v) is 3.84. The standard InChI is InChI=1S/C26H26O12/c1-36-25(34)26(35)12-20(31)24(38-23(33)9-5-15-3-7-17(28)19(30)11-15)21(13-26)37-22(32)8-4-14-2-6-16(27)18(29)10-14/h2-11,20-21,24,27-31,35H,12-13H2,1H3/t20-,21-,24-,26+/m1/s1. The molecule has 12 nitrogen and oxygen atoms in total. The van der Waals surface area contributed by atoms with Crippen LogP contribution in [0.5, 0.6) is 23.0 Å². The second-order valence-electron chi connectivity index (χ2n) is 8.54. The Hall–Kier alpha value is -4.55. The highest BCUT2D eigenvalue weighted by Crippen LogP contribution is 2.34. The van der Waals surface area contributed by atoms with E-state index in [0.29, 0.717) is 11.1 Å². The molecule has 38 heavy (non-hydrogen) atoms. The fourth-order valence-electron chi connectivity index (χ4n) is 3.84. The third-order valence-corrected chi connectivity index (χ3v) is 5.74. The number of esters is 3. The van der Waals surface area contributed by atoms with Crippen LogP contribution in [-0.4, -0.2) is 79.6 Å². The summed E-state index contributed by atoms with van der Waals surface area (Å²) >= 11 is 0. The van der Waals surface area contributed by atoms with Crippen molar-refractivity contribution in [2.24, 2.45) is 0 Å². The van der Waals surface area contributed by atoms with Gasteiger partial charge in [0, 0.05) is 25.0 Å². The zero-order valence-electron chi connectivity index (χ0n) is 20.1. The fraction of sp³-hybridized carbons (Fsp3) is 0.269. The van der Waals surface area contributed by atoms with E-state index in [1.54, 1.807) is 0 Å². The highest BCUT2D eigenvalue weighted by atomic mass is 16.6. The smallest absolute Gasteiger partial charge is 0.338 e. The van der Waals surface area contributed by atoms with E-state index in [1.165, 1.54) is 48.6 Å². The molecule has 202 valence electrons. The number of aliphatic hydroxyl groups excluding tert-OH is 1. The Morgan fingerprint density at radius 1 is 0.816 bits per heavy atom. The van der Waals surface area contributed by atoms with Crippen LogP contribution in [0.15, 0.2) is 48.6 Å². The van der Waals surface area contributed by atoms with Crippen LogP contribution in [0.1, 0.15) is 24.0 Å². The summed E-state index contributed by atoms with van der Waals surface area (Å²) in [6, 6.07) is 7.61. The Morgan fingerprint density at radius 2 is 1.32 bits per heavy atom. The van der Waals surface area contributed by atoms with Gasteiger partial charge in [-0.25, -0.2) is 14.4 Å². The van der Waals surface area contributed by atoms with Crippen LogP contribution < -0.4 is 0 Å². The van der Waals surface area contributed by atoms with Crippen LogP contribution in [0.4, 0.5) is 0 Å². The summed E-state index contributed by atoms with van der Waals surface area (Å²) in [6.45, 7) is 0. The Bertz CT molecular complexity index is 1270. The number of aliphatic hydroxyl groups is 2. The summed E-state index contributed by atoms with van der Waals surface area (Å²) in [5.74, 6) is -4.57. The van der Waals surface area contributed by atoms with E-state index in [9.17, 15) is 45.0 Å². The largest absolute Gasteiger partial charge is 0.504 e. The lowest BCUT2D eigenvalue weighted by Gasteiger charge is -2.41. The highest BCUT2D eigenvalue weighted by Gasteiger charge is 2.52. The van der Waals surface area contributed by atoms with Crippen LogP contribution in [0.25, 0.3) is 12.2 Å². The number of methoxy groups -OCH3 is 1. The van der Waals surface area contributed by atoms with Gasteiger partial charge in [-0.15, -0.1) is 0 Å². The van der Waals surface area contributed by atoms with Gasteiger partial charge < -0.3 is 44.8 Å². The predicted molar refractivity (Wildman–Crippen MR) is 130 cm³/mol. The number of benzene rings is 2. The molecule has 1 aliphatic carbocycles.